The summed E-state index contributed by atoms with van der Waals surface area (Å²) in [4.78, 5) is 24.0. The Bertz CT molecular complexity index is 899. The molecule has 130 valence electrons. The fourth-order valence-corrected chi connectivity index (χ4v) is 2.18. The van der Waals surface area contributed by atoms with Crippen molar-refractivity contribution in [2.45, 2.75) is 26.2 Å². The number of pyridine rings is 1. The Balaban J connectivity index is 1.84. The first-order valence-electron chi connectivity index (χ1n) is 8.04. The summed E-state index contributed by atoms with van der Waals surface area (Å²) in [6, 6.07) is 1.54. The normalized spacial score (nSPS) is 13.0. The third-order valence-corrected chi connectivity index (χ3v) is 3.67. The summed E-state index contributed by atoms with van der Waals surface area (Å²) in [6.45, 7) is 1.91. The van der Waals surface area contributed by atoms with Crippen LogP contribution in [0.25, 0.3) is 0 Å². The van der Waals surface area contributed by atoms with Crippen LogP contribution < -0.4 is 10.3 Å². The standard InChI is InChI=1S/C17H18N4O4/c1-3-24-17(23)14-15(19-20-18-14)25-13-9-12(16(22)21(2)10-13)6-4-5-11-7-8-11/h9-11H,3,5,7-8H2,1-2H3,(H,18,19,20). The largest absolute Gasteiger partial charge is 0.461 e. The topological polar surface area (TPSA) is 99.1 Å². The highest BCUT2D eigenvalue weighted by Crippen LogP contribution is 2.31. The summed E-state index contributed by atoms with van der Waals surface area (Å²) in [5, 5.41) is 9.74. The first kappa shape index (κ1) is 16.8. The van der Waals surface area contributed by atoms with Gasteiger partial charge in [-0.15, -0.1) is 5.10 Å². The van der Waals surface area contributed by atoms with E-state index in [1.807, 2.05) is 0 Å². The highest BCUT2D eigenvalue weighted by atomic mass is 16.5. The monoisotopic (exact) mass is 342 g/mol. The van der Waals surface area contributed by atoms with Crippen molar-refractivity contribution < 1.29 is 14.3 Å². The molecule has 1 saturated carbocycles. The molecular weight excluding hydrogens is 324 g/mol. The first-order chi connectivity index (χ1) is 12.1. The van der Waals surface area contributed by atoms with E-state index in [4.69, 9.17) is 9.47 Å². The molecule has 3 rings (SSSR count). The Hall–Kier alpha value is -3.08. The van der Waals surface area contributed by atoms with Crippen molar-refractivity contribution in [1.29, 1.82) is 0 Å². The van der Waals surface area contributed by atoms with Crippen LogP contribution in [0.3, 0.4) is 0 Å². The molecule has 8 nitrogen and oxygen atoms in total. The van der Waals surface area contributed by atoms with Gasteiger partial charge in [-0.3, -0.25) is 4.79 Å². The lowest BCUT2D eigenvalue weighted by Gasteiger charge is -2.07. The van der Waals surface area contributed by atoms with Gasteiger partial charge in [-0.2, -0.15) is 0 Å². The number of nitrogens with one attached hydrogen (secondary N) is 1. The van der Waals surface area contributed by atoms with Gasteiger partial charge < -0.3 is 14.0 Å². The minimum absolute atomic E-state index is 0.0500. The summed E-state index contributed by atoms with van der Waals surface area (Å²) >= 11 is 0. The molecule has 1 fully saturated rings. The number of hydrogen-bond donors (Lipinski definition) is 1. The molecule has 0 bridgehead atoms. The summed E-state index contributed by atoms with van der Waals surface area (Å²) in [6.07, 6.45) is 4.72. The van der Waals surface area contributed by atoms with E-state index in [0.717, 1.165) is 6.42 Å². The Morgan fingerprint density at radius 2 is 2.28 bits per heavy atom. The van der Waals surface area contributed by atoms with Crippen LogP contribution in [-0.4, -0.2) is 32.6 Å². The summed E-state index contributed by atoms with van der Waals surface area (Å²) in [5.41, 5.74) is 0.0758. The number of aryl methyl sites for hydroxylation is 1. The van der Waals surface area contributed by atoms with Crippen LogP contribution in [0.4, 0.5) is 0 Å². The number of rotatable bonds is 5. The summed E-state index contributed by atoms with van der Waals surface area (Å²) in [7, 11) is 1.61. The number of esters is 1. The number of aromatic amines is 1. The Morgan fingerprint density at radius 3 is 3.00 bits per heavy atom. The van der Waals surface area contributed by atoms with E-state index in [9.17, 15) is 9.59 Å². The first-order valence-corrected chi connectivity index (χ1v) is 8.04. The maximum absolute atomic E-state index is 12.2. The van der Waals surface area contributed by atoms with Crippen LogP contribution in [0, 0.1) is 17.8 Å². The number of ether oxygens (including phenoxy) is 2. The maximum atomic E-state index is 12.2. The van der Waals surface area contributed by atoms with Crippen molar-refractivity contribution in [3.05, 3.63) is 33.9 Å². The van der Waals surface area contributed by atoms with E-state index in [-0.39, 0.29) is 23.7 Å². The predicted molar refractivity (Wildman–Crippen MR) is 88.3 cm³/mol. The van der Waals surface area contributed by atoms with E-state index < -0.39 is 5.97 Å². The van der Waals surface area contributed by atoms with Gasteiger partial charge in [0.05, 0.1) is 12.2 Å². The molecule has 2 heterocycles. The van der Waals surface area contributed by atoms with Crippen molar-refractivity contribution in [3.8, 4) is 23.5 Å². The minimum Gasteiger partial charge on any atom is -0.461 e. The van der Waals surface area contributed by atoms with E-state index in [0.29, 0.717) is 17.2 Å². The molecule has 8 heteroatoms. The molecule has 0 aromatic carbocycles. The zero-order valence-corrected chi connectivity index (χ0v) is 14.0. The van der Waals surface area contributed by atoms with Crippen molar-refractivity contribution in [2.75, 3.05) is 6.61 Å². The van der Waals surface area contributed by atoms with Crippen LogP contribution in [0.5, 0.6) is 11.6 Å². The lowest BCUT2D eigenvalue weighted by atomic mass is 10.2. The molecular formula is C17H18N4O4. The molecule has 2 aromatic rings. The second-order valence-electron chi connectivity index (χ2n) is 5.77. The average Bonchev–Trinajstić information content (AvgIpc) is 3.29. The fourth-order valence-electron chi connectivity index (χ4n) is 2.18. The quantitative estimate of drug-likeness (QED) is 0.655. The second kappa shape index (κ2) is 7.21. The van der Waals surface area contributed by atoms with Gasteiger partial charge in [0.1, 0.15) is 5.75 Å². The molecule has 25 heavy (non-hydrogen) atoms. The molecule has 0 amide bonds. The molecule has 1 N–H and O–H groups in total. The molecule has 0 aliphatic heterocycles. The molecule has 0 radical (unpaired) electrons. The number of carbonyl (C=O) groups excluding carboxylic acids is 1. The number of hydrogen-bond acceptors (Lipinski definition) is 6. The van der Waals surface area contributed by atoms with E-state index in [2.05, 4.69) is 27.3 Å². The predicted octanol–water partition coefficient (Wildman–Crippen LogP) is 1.62. The van der Waals surface area contributed by atoms with E-state index in [1.165, 1.54) is 29.7 Å². The summed E-state index contributed by atoms with van der Waals surface area (Å²) < 4.78 is 11.9. The number of H-pyrrole nitrogens is 1. The van der Waals surface area contributed by atoms with Crippen molar-refractivity contribution in [1.82, 2.24) is 20.0 Å². The van der Waals surface area contributed by atoms with Gasteiger partial charge in [0.15, 0.2) is 0 Å². The molecule has 2 aromatic heterocycles. The zero-order chi connectivity index (χ0) is 17.8. The van der Waals surface area contributed by atoms with E-state index >= 15 is 0 Å². The van der Waals surface area contributed by atoms with Crippen molar-refractivity contribution in [2.24, 2.45) is 13.0 Å². The van der Waals surface area contributed by atoms with Crippen molar-refractivity contribution in [3.63, 3.8) is 0 Å². The van der Waals surface area contributed by atoms with Crippen LogP contribution in [0.1, 0.15) is 42.2 Å². The average molecular weight is 342 g/mol. The highest BCUT2D eigenvalue weighted by molar-refractivity contribution is 5.89. The minimum atomic E-state index is -0.638. The van der Waals surface area contributed by atoms with Gasteiger partial charge in [0.2, 0.25) is 5.69 Å². The second-order valence-corrected chi connectivity index (χ2v) is 5.77. The number of aromatic nitrogens is 4. The van der Waals surface area contributed by atoms with Crippen molar-refractivity contribution >= 4 is 5.97 Å². The zero-order valence-electron chi connectivity index (χ0n) is 14.0. The molecule has 0 atom stereocenters. The molecule has 1 aliphatic carbocycles. The van der Waals surface area contributed by atoms with Crippen LogP contribution in [0.15, 0.2) is 17.1 Å². The van der Waals surface area contributed by atoms with Gasteiger partial charge in [-0.1, -0.05) is 17.1 Å². The third-order valence-electron chi connectivity index (χ3n) is 3.67. The number of nitrogens with zero attached hydrogens (tertiary/aromatic N) is 3. The number of carbonyl (C=O) groups is 1. The SMILES string of the molecule is CCOC(=O)c1nn[nH]c1Oc1cc(C#CCC2CC2)c(=O)n(C)c1. The van der Waals surface area contributed by atoms with Gasteiger partial charge in [0, 0.05) is 25.7 Å². The lowest BCUT2D eigenvalue weighted by Crippen LogP contribution is -2.19. The van der Waals surface area contributed by atoms with Gasteiger partial charge in [0.25, 0.3) is 11.4 Å². The molecule has 0 unspecified atom stereocenters. The van der Waals surface area contributed by atoms with Crippen LogP contribution in [0.2, 0.25) is 0 Å². The molecule has 1 aliphatic rings. The van der Waals surface area contributed by atoms with Gasteiger partial charge in [-0.25, -0.2) is 9.89 Å². The third kappa shape index (κ3) is 4.07. The Morgan fingerprint density at radius 1 is 1.48 bits per heavy atom. The van der Waals surface area contributed by atoms with Gasteiger partial charge in [-0.05, 0) is 25.7 Å². The van der Waals surface area contributed by atoms with Crippen LogP contribution >= 0.6 is 0 Å². The van der Waals surface area contributed by atoms with Crippen LogP contribution in [-0.2, 0) is 11.8 Å². The highest BCUT2D eigenvalue weighted by Gasteiger charge is 2.20. The Labute approximate surface area is 144 Å². The summed E-state index contributed by atoms with van der Waals surface area (Å²) in [5.74, 6) is 6.36. The smallest absolute Gasteiger partial charge is 0.364 e. The maximum Gasteiger partial charge on any atom is 0.364 e. The molecule has 0 saturated heterocycles. The van der Waals surface area contributed by atoms with Gasteiger partial charge >= 0.3 is 5.97 Å². The lowest BCUT2D eigenvalue weighted by molar-refractivity contribution is 0.0516. The fraction of sp³-hybridized carbons (Fsp3) is 0.412. The Kier molecular flexibility index (Phi) is 4.84. The van der Waals surface area contributed by atoms with E-state index in [1.54, 1.807) is 14.0 Å². The molecule has 0 spiro atoms.